The Labute approximate surface area is 146 Å². The number of hydrazone groups is 1. The van der Waals surface area contributed by atoms with E-state index in [1.54, 1.807) is 18.9 Å². The fourth-order valence-electron chi connectivity index (χ4n) is 2.39. The van der Waals surface area contributed by atoms with Gasteiger partial charge in [-0.15, -0.1) is 11.8 Å². The van der Waals surface area contributed by atoms with E-state index in [2.05, 4.69) is 16.2 Å². The molecule has 1 aromatic heterocycles. The summed E-state index contributed by atoms with van der Waals surface area (Å²) in [5.41, 5.74) is 2.21. The van der Waals surface area contributed by atoms with E-state index < -0.39 is 0 Å². The molecule has 1 aliphatic heterocycles. The largest absolute Gasteiger partial charge is 0.496 e. The van der Waals surface area contributed by atoms with Crippen molar-refractivity contribution in [1.82, 2.24) is 9.99 Å². The number of thioether (sulfide) groups is 1. The third-order valence-corrected chi connectivity index (χ3v) is 4.67. The normalized spacial score (nSPS) is 15.0. The first-order valence-electron chi connectivity index (χ1n) is 7.92. The van der Waals surface area contributed by atoms with E-state index >= 15 is 0 Å². The second kappa shape index (κ2) is 8.70. The molecule has 6 heteroatoms. The Morgan fingerprint density at radius 3 is 2.92 bits per heavy atom. The molecule has 2 aromatic rings. The van der Waals surface area contributed by atoms with Gasteiger partial charge in [-0.3, -0.25) is 5.01 Å². The lowest BCUT2D eigenvalue weighted by atomic mass is 10.1. The third-order valence-electron chi connectivity index (χ3n) is 3.68. The summed E-state index contributed by atoms with van der Waals surface area (Å²) in [7, 11) is 1.70. The van der Waals surface area contributed by atoms with Crippen molar-refractivity contribution in [1.29, 1.82) is 0 Å². The van der Waals surface area contributed by atoms with Gasteiger partial charge in [0.05, 0.1) is 44.7 Å². The summed E-state index contributed by atoms with van der Waals surface area (Å²) in [6.45, 7) is 3.17. The van der Waals surface area contributed by atoms with Crippen molar-refractivity contribution in [3.63, 3.8) is 0 Å². The molecular formula is C18H21N3O2S. The molecule has 24 heavy (non-hydrogen) atoms. The lowest BCUT2D eigenvalue weighted by Crippen LogP contribution is -2.32. The zero-order valence-electron chi connectivity index (χ0n) is 13.7. The van der Waals surface area contributed by atoms with Crippen LogP contribution in [-0.4, -0.2) is 49.6 Å². The van der Waals surface area contributed by atoms with Crippen LogP contribution in [0.5, 0.6) is 5.75 Å². The van der Waals surface area contributed by atoms with E-state index in [1.165, 1.54) is 0 Å². The molecule has 1 fully saturated rings. The summed E-state index contributed by atoms with van der Waals surface area (Å²) in [6, 6.07) is 12.1. The molecule has 0 N–H and O–H groups in total. The van der Waals surface area contributed by atoms with Crippen LogP contribution in [0.4, 0.5) is 0 Å². The predicted molar refractivity (Wildman–Crippen MR) is 96.8 cm³/mol. The smallest absolute Gasteiger partial charge is 0.122 e. The SMILES string of the molecule is COc1ccc(/C=N\N2CCOCC2)cc1CSc1ccccn1. The average Bonchev–Trinajstić information content (AvgIpc) is 2.66. The van der Waals surface area contributed by atoms with Crippen LogP contribution in [0.15, 0.2) is 52.7 Å². The summed E-state index contributed by atoms with van der Waals surface area (Å²) >= 11 is 1.70. The Balaban J connectivity index is 1.69. The van der Waals surface area contributed by atoms with Crippen LogP contribution >= 0.6 is 11.8 Å². The van der Waals surface area contributed by atoms with E-state index in [0.29, 0.717) is 0 Å². The van der Waals surface area contributed by atoms with Gasteiger partial charge < -0.3 is 9.47 Å². The summed E-state index contributed by atoms with van der Waals surface area (Å²) in [6.07, 6.45) is 3.71. The minimum atomic E-state index is 0.742. The maximum atomic E-state index is 5.48. The van der Waals surface area contributed by atoms with E-state index in [9.17, 15) is 0 Å². The molecule has 126 valence electrons. The van der Waals surface area contributed by atoms with Crippen molar-refractivity contribution in [2.24, 2.45) is 5.10 Å². The van der Waals surface area contributed by atoms with Crippen molar-refractivity contribution in [3.05, 3.63) is 53.7 Å². The van der Waals surface area contributed by atoms with Gasteiger partial charge in [-0.05, 0) is 35.9 Å². The molecule has 0 saturated carbocycles. The van der Waals surface area contributed by atoms with Gasteiger partial charge in [0, 0.05) is 17.5 Å². The van der Waals surface area contributed by atoms with Crippen LogP contribution in [-0.2, 0) is 10.5 Å². The molecular weight excluding hydrogens is 322 g/mol. The minimum absolute atomic E-state index is 0.742. The highest BCUT2D eigenvalue weighted by Crippen LogP contribution is 2.27. The highest BCUT2D eigenvalue weighted by Gasteiger charge is 2.08. The molecule has 3 rings (SSSR count). The number of pyridine rings is 1. The fourth-order valence-corrected chi connectivity index (χ4v) is 3.23. The van der Waals surface area contributed by atoms with Crippen molar-refractivity contribution in [3.8, 4) is 5.75 Å². The van der Waals surface area contributed by atoms with Crippen molar-refractivity contribution >= 4 is 18.0 Å². The van der Waals surface area contributed by atoms with Crippen LogP contribution < -0.4 is 4.74 Å². The molecule has 0 unspecified atom stereocenters. The Morgan fingerprint density at radius 2 is 2.17 bits per heavy atom. The lowest BCUT2D eigenvalue weighted by Gasteiger charge is -2.23. The van der Waals surface area contributed by atoms with Crippen LogP contribution in [0.2, 0.25) is 0 Å². The molecule has 0 atom stereocenters. The van der Waals surface area contributed by atoms with E-state index in [1.807, 2.05) is 47.8 Å². The van der Waals surface area contributed by atoms with Gasteiger partial charge in [0.1, 0.15) is 5.75 Å². The number of hydrogen-bond donors (Lipinski definition) is 0. The topological polar surface area (TPSA) is 47.0 Å². The van der Waals surface area contributed by atoms with Gasteiger partial charge in [-0.25, -0.2) is 4.98 Å². The maximum absolute atomic E-state index is 5.48. The van der Waals surface area contributed by atoms with E-state index in [-0.39, 0.29) is 0 Å². The van der Waals surface area contributed by atoms with Gasteiger partial charge in [-0.2, -0.15) is 5.10 Å². The van der Waals surface area contributed by atoms with E-state index in [4.69, 9.17) is 9.47 Å². The van der Waals surface area contributed by atoms with E-state index in [0.717, 1.165) is 54.0 Å². The molecule has 0 amide bonds. The van der Waals surface area contributed by atoms with Crippen LogP contribution in [0.3, 0.4) is 0 Å². The molecule has 1 saturated heterocycles. The first-order chi connectivity index (χ1) is 11.8. The standard InChI is InChI=1S/C18H21N3O2S/c1-22-17-6-5-15(13-20-21-8-10-23-11-9-21)12-16(17)14-24-18-4-2-3-7-19-18/h2-7,12-13H,8-11,14H2,1H3/b20-13-. The third kappa shape index (κ3) is 4.72. The number of ether oxygens (including phenoxy) is 2. The van der Waals surface area contributed by atoms with Gasteiger partial charge in [0.25, 0.3) is 0 Å². The minimum Gasteiger partial charge on any atom is -0.496 e. The zero-order valence-corrected chi connectivity index (χ0v) is 14.5. The second-order valence-corrected chi connectivity index (χ2v) is 6.33. The number of rotatable bonds is 6. The van der Waals surface area contributed by atoms with Gasteiger partial charge in [-0.1, -0.05) is 6.07 Å². The Kier molecular flexibility index (Phi) is 6.09. The lowest BCUT2D eigenvalue weighted by molar-refractivity contribution is 0.0397. The summed E-state index contributed by atoms with van der Waals surface area (Å²) in [5, 5.41) is 7.58. The molecule has 1 aliphatic rings. The molecule has 0 radical (unpaired) electrons. The average molecular weight is 343 g/mol. The number of benzene rings is 1. The number of morpholine rings is 1. The quantitative estimate of drug-likeness (QED) is 0.596. The van der Waals surface area contributed by atoms with Gasteiger partial charge in [0.15, 0.2) is 0 Å². The van der Waals surface area contributed by atoms with Crippen LogP contribution in [0, 0.1) is 0 Å². The number of aromatic nitrogens is 1. The molecule has 1 aromatic carbocycles. The number of nitrogens with zero attached hydrogens (tertiary/aromatic N) is 3. The number of methoxy groups -OCH3 is 1. The molecule has 5 nitrogen and oxygen atoms in total. The molecule has 0 bridgehead atoms. The monoisotopic (exact) mass is 343 g/mol. The summed E-state index contributed by atoms with van der Waals surface area (Å²) < 4.78 is 10.8. The predicted octanol–water partition coefficient (Wildman–Crippen LogP) is 3.05. The summed E-state index contributed by atoms with van der Waals surface area (Å²) in [4.78, 5) is 4.35. The van der Waals surface area contributed by atoms with Gasteiger partial charge >= 0.3 is 0 Å². The van der Waals surface area contributed by atoms with Crippen molar-refractivity contribution < 1.29 is 9.47 Å². The Hall–Kier alpha value is -2.05. The molecule has 2 heterocycles. The highest BCUT2D eigenvalue weighted by molar-refractivity contribution is 7.98. The Morgan fingerprint density at radius 1 is 1.29 bits per heavy atom. The highest BCUT2D eigenvalue weighted by atomic mass is 32.2. The first-order valence-corrected chi connectivity index (χ1v) is 8.91. The Bertz CT molecular complexity index is 673. The van der Waals surface area contributed by atoms with Crippen molar-refractivity contribution in [2.45, 2.75) is 10.8 Å². The van der Waals surface area contributed by atoms with Gasteiger partial charge in [0.2, 0.25) is 0 Å². The molecule has 0 aliphatic carbocycles. The zero-order chi connectivity index (χ0) is 16.6. The first kappa shape index (κ1) is 16.8. The fraction of sp³-hybridized carbons (Fsp3) is 0.333. The maximum Gasteiger partial charge on any atom is 0.122 e. The number of hydrogen-bond acceptors (Lipinski definition) is 6. The van der Waals surface area contributed by atoms with Crippen LogP contribution in [0.25, 0.3) is 0 Å². The van der Waals surface area contributed by atoms with Crippen LogP contribution in [0.1, 0.15) is 11.1 Å². The second-order valence-electron chi connectivity index (χ2n) is 5.34. The summed E-state index contributed by atoms with van der Waals surface area (Å²) in [5.74, 6) is 1.70. The van der Waals surface area contributed by atoms with Crippen molar-refractivity contribution in [2.75, 3.05) is 33.4 Å². The molecule has 0 spiro atoms.